The Labute approximate surface area is 180 Å². The first-order valence-electron chi connectivity index (χ1n) is 9.11. The highest BCUT2D eigenvalue weighted by atomic mass is 32.2. The first-order chi connectivity index (χ1) is 14.3. The molecule has 0 spiro atoms. The van der Waals surface area contributed by atoms with Crippen molar-refractivity contribution in [3.63, 3.8) is 0 Å². The van der Waals surface area contributed by atoms with E-state index in [0.29, 0.717) is 27.3 Å². The number of sulfonamides is 1. The Morgan fingerprint density at radius 1 is 1.17 bits per heavy atom. The molecule has 3 aromatic rings. The van der Waals surface area contributed by atoms with Gasteiger partial charge >= 0.3 is 5.97 Å². The third-order valence-corrected chi connectivity index (χ3v) is 6.90. The smallest absolute Gasteiger partial charge is 0.338 e. The molecule has 0 atom stereocenters. The third kappa shape index (κ3) is 4.37. The lowest BCUT2D eigenvalue weighted by Gasteiger charge is -2.17. The van der Waals surface area contributed by atoms with Crippen molar-refractivity contribution >= 4 is 33.0 Å². The summed E-state index contributed by atoms with van der Waals surface area (Å²) in [6, 6.07) is 18.0. The first kappa shape index (κ1) is 21.6. The van der Waals surface area contributed by atoms with Crippen LogP contribution >= 0.6 is 11.3 Å². The van der Waals surface area contributed by atoms with E-state index in [9.17, 15) is 18.5 Å². The van der Waals surface area contributed by atoms with E-state index in [-0.39, 0.29) is 6.61 Å². The zero-order valence-electron chi connectivity index (χ0n) is 16.7. The molecular formula is C22H20N2O4S2. The van der Waals surface area contributed by atoms with Crippen molar-refractivity contribution in [2.45, 2.75) is 6.92 Å². The number of nitriles is 1. The molecule has 30 heavy (non-hydrogen) atoms. The second-order valence-electron chi connectivity index (χ2n) is 6.51. The van der Waals surface area contributed by atoms with Gasteiger partial charge in [-0.3, -0.25) is 4.31 Å². The SMILES string of the molecule is CCOC(=O)c1cccc(-c2sc(-c3ccccc3C#N)cc2N(C)S(C)(=O)=O)c1. The lowest BCUT2D eigenvalue weighted by molar-refractivity contribution is 0.0526. The van der Waals surface area contributed by atoms with Crippen LogP contribution < -0.4 is 4.31 Å². The van der Waals surface area contributed by atoms with E-state index in [1.165, 1.54) is 22.7 Å². The molecule has 1 heterocycles. The molecule has 0 aliphatic rings. The van der Waals surface area contributed by atoms with Crippen LogP contribution in [0.2, 0.25) is 0 Å². The highest BCUT2D eigenvalue weighted by molar-refractivity contribution is 7.92. The van der Waals surface area contributed by atoms with Gasteiger partial charge in [-0.2, -0.15) is 5.26 Å². The van der Waals surface area contributed by atoms with Crippen LogP contribution in [-0.4, -0.2) is 34.3 Å². The molecule has 154 valence electrons. The minimum atomic E-state index is -3.52. The summed E-state index contributed by atoms with van der Waals surface area (Å²) in [4.78, 5) is 13.6. The van der Waals surface area contributed by atoms with Crippen LogP contribution in [0.1, 0.15) is 22.8 Å². The van der Waals surface area contributed by atoms with Crippen LogP contribution in [0.5, 0.6) is 0 Å². The fourth-order valence-electron chi connectivity index (χ4n) is 2.93. The predicted octanol–water partition coefficient (Wildman–Crippen LogP) is 4.53. The molecule has 0 N–H and O–H groups in total. The Balaban J connectivity index is 2.21. The molecule has 6 nitrogen and oxygen atoms in total. The number of anilines is 1. The number of carbonyl (C=O) groups excluding carboxylic acids is 1. The normalized spacial score (nSPS) is 11.0. The van der Waals surface area contributed by atoms with Crippen molar-refractivity contribution in [2.75, 3.05) is 24.2 Å². The number of rotatable bonds is 6. The molecule has 0 saturated heterocycles. The van der Waals surface area contributed by atoms with E-state index >= 15 is 0 Å². The van der Waals surface area contributed by atoms with Crippen molar-refractivity contribution in [1.82, 2.24) is 0 Å². The molecule has 0 bridgehead atoms. The van der Waals surface area contributed by atoms with Crippen LogP contribution in [0.15, 0.2) is 54.6 Å². The van der Waals surface area contributed by atoms with Crippen LogP contribution in [0.25, 0.3) is 20.9 Å². The number of hydrogen-bond donors (Lipinski definition) is 0. The van der Waals surface area contributed by atoms with Crippen LogP contribution in [-0.2, 0) is 14.8 Å². The van der Waals surface area contributed by atoms with Gasteiger partial charge in [0, 0.05) is 17.5 Å². The van der Waals surface area contributed by atoms with Crippen molar-refractivity contribution in [3.8, 4) is 27.0 Å². The van der Waals surface area contributed by atoms with Gasteiger partial charge in [-0.25, -0.2) is 13.2 Å². The molecular weight excluding hydrogens is 420 g/mol. The van der Waals surface area contributed by atoms with Gasteiger partial charge in [-0.1, -0.05) is 30.3 Å². The summed E-state index contributed by atoms with van der Waals surface area (Å²) < 4.78 is 30.8. The molecule has 8 heteroatoms. The molecule has 0 fully saturated rings. The number of esters is 1. The maximum atomic E-state index is 12.2. The van der Waals surface area contributed by atoms with Gasteiger partial charge in [0.2, 0.25) is 10.0 Å². The van der Waals surface area contributed by atoms with Crippen LogP contribution in [0.4, 0.5) is 5.69 Å². The van der Waals surface area contributed by atoms with Gasteiger partial charge in [0.25, 0.3) is 0 Å². The van der Waals surface area contributed by atoms with Gasteiger partial charge < -0.3 is 4.74 Å². The van der Waals surface area contributed by atoms with E-state index in [0.717, 1.165) is 16.7 Å². The summed E-state index contributed by atoms with van der Waals surface area (Å²) in [5, 5.41) is 9.46. The maximum Gasteiger partial charge on any atom is 0.338 e. The summed E-state index contributed by atoms with van der Waals surface area (Å²) in [5.41, 5.74) is 2.78. The quantitative estimate of drug-likeness (QED) is 0.526. The van der Waals surface area contributed by atoms with E-state index in [4.69, 9.17) is 4.74 Å². The van der Waals surface area contributed by atoms with Crippen molar-refractivity contribution < 1.29 is 17.9 Å². The van der Waals surface area contributed by atoms with E-state index in [2.05, 4.69) is 6.07 Å². The Bertz CT molecular complexity index is 1240. The van der Waals surface area contributed by atoms with E-state index in [1.807, 2.05) is 18.2 Å². The number of nitrogens with zero attached hydrogens (tertiary/aromatic N) is 2. The minimum Gasteiger partial charge on any atom is -0.462 e. The topological polar surface area (TPSA) is 87.5 Å². The largest absolute Gasteiger partial charge is 0.462 e. The Kier molecular flexibility index (Phi) is 6.25. The molecule has 0 amide bonds. The molecule has 0 radical (unpaired) electrons. The third-order valence-electron chi connectivity index (χ3n) is 4.50. The first-order valence-corrected chi connectivity index (χ1v) is 11.8. The standard InChI is InChI=1S/C22H20N2O4S2/c1-4-28-22(25)16-10-7-9-15(12-16)21-19(24(2)30(3,26)27)13-20(29-21)18-11-6-5-8-17(18)14-23/h5-13H,4H2,1-3H3. The number of benzene rings is 2. The zero-order valence-corrected chi connectivity index (χ0v) is 18.4. The minimum absolute atomic E-state index is 0.263. The molecule has 0 saturated carbocycles. The second-order valence-corrected chi connectivity index (χ2v) is 9.58. The molecule has 0 aliphatic heterocycles. The zero-order chi connectivity index (χ0) is 21.9. The number of carbonyl (C=O) groups is 1. The number of ether oxygens (including phenoxy) is 1. The van der Waals surface area contributed by atoms with Gasteiger partial charge in [0.1, 0.15) is 0 Å². The second kappa shape index (κ2) is 8.69. The van der Waals surface area contributed by atoms with E-state index in [1.54, 1.807) is 43.3 Å². The number of thiophene rings is 1. The van der Waals surface area contributed by atoms with E-state index < -0.39 is 16.0 Å². The summed E-state index contributed by atoms with van der Waals surface area (Å²) in [5.74, 6) is -0.441. The summed E-state index contributed by atoms with van der Waals surface area (Å²) in [7, 11) is -2.04. The average Bonchev–Trinajstić information content (AvgIpc) is 3.17. The van der Waals surface area contributed by atoms with Gasteiger partial charge in [0.05, 0.1) is 40.6 Å². The van der Waals surface area contributed by atoms with Crippen LogP contribution in [0.3, 0.4) is 0 Å². The monoisotopic (exact) mass is 440 g/mol. The molecule has 0 aliphatic carbocycles. The Hall–Kier alpha value is -3.15. The lowest BCUT2D eigenvalue weighted by Crippen LogP contribution is -2.24. The Morgan fingerprint density at radius 3 is 2.57 bits per heavy atom. The lowest BCUT2D eigenvalue weighted by atomic mass is 10.1. The van der Waals surface area contributed by atoms with Crippen molar-refractivity contribution in [3.05, 3.63) is 65.7 Å². The van der Waals surface area contributed by atoms with Crippen LogP contribution in [0, 0.1) is 11.3 Å². The van der Waals surface area contributed by atoms with Gasteiger partial charge in [-0.05, 0) is 36.8 Å². The highest BCUT2D eigenvalue weighted by Gasteiger charge is 2.22. The molecule has 2 aromatic carbocycles. The van der Waals surface area contributed by atoms with Crippen molar-refractivity contribution in [1.29, 1.82) is 5.26 Å². The predicted molar refractivity (Wildman–Crippen MR) is 119 cm³/mol. The van der Waals surface area contributed by atoms with Gasteiger partial charge in [0.15, 0.2) is 0 Å². The fourth-order valence-corrected chi connectivity index (χ4v) is 4.71. The molecule has 1 aromatic heterocycles. The summed E-state index contributed by atoms with van der Waals surface area (Å²) >= 11 is 1.36. The number of hydrogen-bond acceptors (Lipinski definition) is 6. The fraction of sp³-hybridized carbons (Fsp3) is 0.182. The summed E-state index contributed by atoms with van der Waals surface area (Å²) in [6.45, 7) is 2.00. The summed E-state index contributed by atoms with van der Waals surface area (Å²) in [6.07, 6.45) is 1.13. The van der Waals surface area contributed by atoms with Crippen molar-refractivity contribution in [2.24, 2.45) is 0 Å². The molecule has 3 rings (SSSR count). The maximum absolute atomic E-state index is 12.2. The van der Waals surface area contributed by atoms with Gasteiger partial charge in [-0.15, -0.1) is 11.3 Å². The highest BCUT2D eigenvalue weighted by Crippen LogP contribution is 2.44. The Morgan fingerprint density at radius 2 is 1.90 bits per heavy atom. The molecule has 0 unspecified atom stereocenters. The average molecular weight is 441 g/mol.